The Kier molecular flexibility index (Phi) is 6.07. The molecule has 1 aliphatic heterocycles. The van der Waals surface area contributed by atoms with Crippen LogP contribution in [0, 0.1) is 0 Å². The van der Waals surface area contributed by atoms with Crippen LogP contribution < -0.4 is 5.32 Å². The van der Waals surface area contributed by atoms with Crippen LogP contribution in [0.25, 0.3) is 0 Å². The van der Waals surface area contributed by atoms with Gasteiger partial charge in [0.25, 0.3) is 0 Å². The van der Waals surface area contributed by atoms with Gasteiger partial charge in [-0.2, -0.15) is 0 Å². The summed E-state index contributed by atoms with van der Waals surface area (Å²) >= 11 is 1.78. The van der Waals surface area contributed by atoms with E-state index < -0.39 is 0 Å². The predicted octanol–water partition coefficient (Wildman–Crippen LogP) is 2.49. The van der Waals surface area contributed by atoms with Gasteiger partial charge in [0.2, 0.25) is 0 Å². The number of thiazole rings is 1. The minimum atomic E-state index is 1.01. The standard InChI is InChI=1S/C14H26N4S/c1-3-6-15-14-16-11-13(19-14)12-17(2)9-10-18-7-4-5-8-18/h11H,3-10,12H2,1-2H3,(H,15,16). The van der Waals surface area contributed by atoms with Crippen LogP contribution in [0.4, 0.5) is 5.13 Å². The SMILES string of the molecule is CCCNc1ncc(CN(C)CCN2CCCC2)s1. The highest BCUT2D eigenvalue weighted by molar-refractivity contribution is 7.15. The minimum Gasteiger partial charge on any atom is -0.362 e. The highest BCUT2D eigenvalue weighted by atomic mass is 32.1. The van der Waals surface area contributed by atoms with Crippen molar-refractivity contribution in [2.45, 2.75) is 32.7 Å². The van der Waals surface area contributed by atoms with Gasteiger partial charge in [-0.1, -0.05) is 6.92 Å². The molecule has 1 aromatic heterocycles. The summed E-state index contributed by atoms with van der Waals surface area (Å²) in [6.07, 6.45) is 5.91. The molecule has 2 rings (SSSR count). The van der Waals surface area contributed by atoms with E-state index >= 15 is 0 Å². The zero-order valence-electron chi connectivity index (χ0n) is 12.2. The van der Waals surface area contributed by atoms with Crippen molar-refractivity contribution in [1.82, 2.24) is 14.8 Å². The molecule has 0 atom stereocenters. The molecule has 2 heterocycles. The van der Waals surface area contributed by atoms with Gasteiger partial charge in [-0.05, 0) is 39.4 Å². The Morgan fingerprint density at radius 2 is 2.21 bits per heavy atom. The first-order valence-electron chi connectivity index (χ1n) is 7.37. The number of nitrogens with one attached hydrogen (secondary N) is 1. The van der Waals surface area contributed by atoms with E-state index in [9.17, 15) is 0 Å². The van der Waals surface area contributed by atoms with Crippen molar-refractivity contribution in [2.24, 2.45) is 0 Å². The largest absolute Gasteiger partial charge is 0.362 e. The molecule has 1 N–H and O–H groups in total. The minimum absolute atomic E-state index is 1.01. The van der Waals surface area contributed by atoms with Crippen molar-refractivity contribution in [2.75, 3.05) is 45.1 Å². The molecule has 0 aliphatic carbocycles. The Morgan fingerprint density at radius 1 is 1.42 bits per heavy atom. The molecule has 0 bridgehead atoms. The third kappa shape index (κ3) is 5.09. The molecule has 0 unspecified atom stereocenters. The summed E-state index contributed by atoms with van der Waals surface area (Å²) in [6.45, 7) is 9.13. The maximum absolute atomic E-state index is 4.41. The molecule has 0 amide bonds. The molecule has 5 heteroatoms. The number of rotatable bonds is 8. The molecule has 1 aromatic rings. The van der Waals surface area contributed by atoms with Crippen molar-refractivity contribution >= 4 is 16.5 Å². The van der Waals surface area contributed by atoms with Gasteiger partial charge in [0.05, 0.1) is 0 Å². The third-order valence-electron chi connectivity index (χ3n) is 3.50. The molecule has 0 radical (unpaired) electrons. The fourth-order valence-corrected chi connectivity index (χ4v) is 3.28. The van der Waals surface area contributed by atoms with E-state index in [-0.39, 0.29) is 0 Å². The highest BCUT2D eigenvalue weighted by Gasteiger charge is 2.12. The van der Waals surface area contributed by atoms with Gasteiger partial charge in [0.1, 0.15) is 0 Å². The van der Waals surface area contributed by atoms with Crippen molar-refractivity contribution in [3.63, 3.8) is 0 Å². The molecular formula is C14H26N4S. The predicted molar refractivity (Wildman–Crippen MR) is 82.9 cm³/mol. The average molecular weight is 282 g/mol. The van der Waals surface area contributed by atoms with E-state index in [4.69, 9.17) is 0 Å². The summed E-state index contributed by atoms with van der Waals surface area (Å²) in [5.41, 5.74) is 0. The number of hydrogen-bond acceptors (Lipinski definition) is 5. The molecule has 19 heavy (non-hydrogen) atoms. The van der Waals surface area contributed by atoms with E-state index in [0.29, 0.717) is 0 Å². The van der Waals surface area contributed by atoms with Crippen LogP contribution in [0.3, 0.4) is 0 Å². The number of aromatic nitrogens is 1. The summed E-state index contributed by atoms with van der Waals surface area (Å²) in [7, 11) is 2.20. The summed E-state index contributed by atoms with van der Waals surface area (Å²) in [5.74, 6) is 0. The average Bonchev–Trinajstić information content (AvgIpc) is 3.05. The summed E-state index contributed by atoms with van der Waals surface area (Å²) in [6, 6.07) is 0. The second-order valence-electron chi connectivity index (χ2n) is 5.35. The Hall–Kier alpha value is -0.650. The molecule has 0 saturated carbocycles. The fourth-order valence-electron chi connectivity index (χ4n) is 2.36. The molecule has 1 aliphatic rings. The van der Waals surface area contributed by atoms with Crippen molar-refractivity contribution < 1.29 is 0 Å². The third-order valence-corrected chi connectivity index (χ3v) is 4.44. The summed E-state index contributed by atoms with van der Waals surface area (Å²) in [4.78, 5) is 10.7. The number of likely N-dealkylation sites (tertiary alicyclic amines) is 1. The van der Waals surface area contributed by atoms with Crippen LogP contribution in [0.2, 0.25) is 0 Å². The second kappa shape index (κ2) is 7.82. The number of nitrogens with zero attached hydrogens (tertiary/aromatic N) is 3. The van der Waals surface area contributed by atoms with E-state index in [1.165, 1.54) is 37.4 Å². The Morgan fingerprint density at radius 3 is 2.95 bits per heavy atom. The van der Waals surface area contributed by atoms with Crippen molar-refractivity contribution in [3.8, 4) is 0 Å². The smallest absolute Gasteiger partial charge is 0.182 e. The lowest BCUT2D eigenvalue weighted by Gasteiger charge is -2.20. The molecule has 4 nitrogen and oxygen atoms in total. The zero-order valence-corrected chi connectivity index (χ0v) is 13.0. The molecule has 0 aromatic carbocycles. The van der Waals surface area contributed by atoms with Crippen LogP contribution in [0.5, 0.6) is 0 Å². The van der Waals surface area contributed by atoms with Crippen molar-refractivity contribution in [1.29, 1.82) is 0 Å². The molecule has 1 fully saturated rings. The number of likely N-dealkylation sites (N-methyl/N-ethyl adjacent to an activating group) is 1. The monoisotopic (exact) mass is 282 g/mol. The number of anilines is 1. The fraction of sp³-hybridized carbons (Fsp3) is 0.786. The van der Waals surface area contributed by atoms with Gasteiger partial charge in [-0.25, -0.2) is 4.98 Å². The van der Waals surface area contributed by atoms with Gasteiger partial charge in [-0.3, -0.25) is 4.90 Å². The normalized spacial score (nSPS) is 16.4. The van der Waals surface area contributed by atoms with Gasteiger partial charge < -0.3 is 10.2 Å². The zero-order chi connectivity index (χ0) is 13.5. The summed E-state index contributed by atoms with van der Waals surface area (Å²) < 4.78 is 0. The Balaban J connectivity index is 1.68. The van der Waals surface area contributed by atoms with Gasteiger partial charge in [0, 0.05) is 37.3 Å². The summed E-state index contributed by atoms with van der Waals surface area (Å²) in [5, 5.41) is 4.41. The van der Waals surface area contributed by atoms with E-state index in [1.807, 2.05) is 6.20 Å². The quantitative estimate of drug-likeness (QED) is 0.794. The molecule has 1 saturated heterocycles. The maximum atomic E-state index is 4.41. The molecular weight excluding hydrogens is 256 g/mol. The van der Waals surface area contributed by atoms with E-state index in [1.54, 1.807) is 11.3 Å². The lowest BCUT2D eigenvalue weighted by atomic mass is 10.4. The Labute approximate surface area is 120 Å². The maximum Gasteiger partial charge on any atom is 0.182 e. The van der Waals surface area contributed by atoms with Crippen LogP contribution in [-0.4, -0.2) is 54.6 Å². The first-order valence-corrected chi connectivity index (χ1v) is 8.19. The van der Waals surface area contributed by atoms with E-state index in [0.717, 1.165) is 31.2 Å². The van der Waals surface area contributed by atoms with Gasteiger partial charge in [0.15, 0.2) is 5.13 Å². The van der Waals surface area contributed by atoms with Gasteiger partial charge >= 0.3 is 0 Å². The lowest BCUT2D eigenvalue weighted by molar-refractivity contribution is 0.253. The Bertz CT molecular complexity index is 360. The number of hydrogen-bond donors (Lipinski definition) is 1. The van der Waals surface area contributed by atoms with Crippen LogP contribution in [0.1, 0.15) is 31.1 Å². The first-order chi connectivity index (χ1) is 9.28. The lowest BCUT2D eigenvalue weighted by Crippen LogP contribution is -2.30. The van der Waals surface area contributed by atoms with E-state index in [2.05, 4.69) is 34.1 Å². The van der Waals surface area contributed by atoms with Gasteiger partial charge in [-0.15, -0.1) is 11.3 Å². The van der Waals surface area contributed by atoms with Crippen LogP contribution >= 0.6 is 11.3 Å². The highest BCUT2D eigenvalue weighted by Crippen LogP contribution is 2.19. The van der Waals surface area contributed by atoms with Crippen LogP contribution in [-0.2, 0) is 6.54 Å². The topological polar surface area (TPSA) is 31.4 Å². The molecule has 0 spiro atoms. The molecule has 108 valence electrons. The second-order valence-corrected chi connectivity index (χ2v) is 6.46. The van der Waals surface area contributed by atoms with Crippen LogP contribution in [0.15, 0.2) is 6.20 Å². The van der Waals surface area contributed by atoms with Crippen molar-refractivity contribution in [3.05, 3.63) is 11.1 Å². The first kappa shape index (κ1) is 14.8.